The van der Waals surface area contributed by atoms with Crippen molar-refractivity contribution in [1.29, 1.82) is 0 Å². The number of benzene rings is 1. The van der Waals surface area contributed by atoms with Gasteiger partial charge < -0.3 is 14.7 Å². The normalized spacial score (nSPS) is 11.3. The lowest BCUT2D eigenvalue weighted by Gasteiger charge is -2.02. The first-order valence-corrected chi connectivity index (χ1v) is 6.39. The van der Waals surface area contributed by atoms with E-state index in [0.29, 0.717) is 24.9 Å². The molecule has 0 atom stereocenters. The van der Waals surface area contributed by atoms with Crippen molar-refractivity contribution in [3.05, 3.63) is 47.8 Å². The Bertz CT molecular complexity index is 698. The summed E-state index contributed by atoms with van der Waals surface area (Å²) in [6.45, 7) is 3.15. The Kier molecular flexibility index (Phi) is 3.05. The minimum absolute atomic E-state index is 0.560. The van der Waals surface area contributed by atoms with Gasteiger partial charge in [-0.05, 0) is 29.1 Å². The largest absolute Gasteiger partial charge is 0.423 e. The van der Waals surface area contributed by atoms with Crippen LogP contribution in [-0.4, -0.2) is 14.8 Å². The molecule has 0 radical (unpaired) electrons. The summed E-state index contributed by atoms with van der Waals surface area (Å²) in [6.07, 6.45) is 2.79. The van der Waals surface area contributed by atoms with E-state index in [1.54, 1.807) is 0 Å². The third kappa shape index (κ3) is 2.24. The zero-order chi connectivity index (χ0) is 13.2. The molecule has 1 aromatic carbocycles. The lowest BCUT2D eigenvalue weighted by Crippen LogP contribution is -1.99. The number of nitrogens with two attached hydrogens (primary N) is 1. The third-order valence-electron chi connectivity index (χ3n) is 3.19. The van der Waals surface area contributed by atoms with Gasteiger partial charge in [-0.15, -0.1) is 10.2 Å². The van der Waals surface area contributed by atoms with Crippen LogP contribution in [0.5, 0.6) is 0 Å². The van der Waals surface area contributed by atoms with E-state index in [9.17, 15) is 0 Å². The van der Waals surface area contributed by atoms with Gasteiger partial charge in [-0.25, -0.2) is 0 Å². The fourth-order valence-corrected chi connectivity index (χ4v) is 2.16. The average molecular weight is 256 g/mol. The van der Waals surface area contributed by atoms with Gasteiger partial charge in [0.15, 0.2) is 0 Å². The van der Waals surface area contributed by atoms with Crippen molar-refractivity contribution >= 4 is 10.9 Å². The summed E-state index contributed by atoms with van der Waals surface area (Å²) in [5.41, 5.74) is 7.93. The molecule has 0 aliphatic carbocycles. The molecule has 0 unspecified atom stereocenters. The molecule has 0 fully saturated rings. The molecule has 2 aromatic heterocycles. The van der Waals surface area contributed by atoms with E-state index in [4.69, 9.17) is 10.2 Å². The van der Waals surface area contributed by atoms with Gasteiger partial charge in [-0.1, -0.05) is 13.0 Å². The maximum absolute atomic E-state index is 5.65. The highest BCUT2D eigenvalue weighted by Gasteiger charge is 2.07. The first-order valence-electron chi connectivity index (χ1n) is 6.39. The van der Waals surface area contributed by atoms with Crippen molar-refractivity contribution < 1.29 is 4.42 Å². The lowest BCUT2D eigenvalue weighted by atomic mass is 10.1. The Labute approximate surface area is 111 Å². The second kappa shape index (κ2) is 4.85. The number of hydrogen-bond donors (Lipinski definition) is 1. The smallest absolute Gasteiger partial charge is 0.236 e. The van der Waals surface area contributed by atoms with Crippen molar-refractivity contribution in [2.24, 2.45) is 5.73 Å². The average Bonchev–Trinajstić information content (AvgIpc) is 3.06. The molecule has 0 aliphatic rings. The third-order valence-corrected chi connectivity index (χ3v) is 3.19. The number of aryl methyl sites for hydroxylation is 1. The van der Waals surface area contributed by atoms with Gasteiger partial charge in [0.1, 0.15) is 6.54 Å². The number of hydrogen-bond acceptors (Lipinski definition) is 4. The van der Waals surface area contributed by atoms with Crippen molar-refractivity contribution in [2.75, 3.05) is 0 Å². The van der Waals surface area contributed by atoms with E-state index in [1.807, 2.05) is 19.2 Å². The molecule has 0 aliphatic heterocycles. The minimum Gasteiger partial charge on any atom is -0.423 e. The topological polar surface area (TPSA) is 69.9 Å². The molecule has 5 heteroatoms. The number of rotatable bonds is 4. The van der Waals surface area contributed by atoms with Crippen LogP contribution in [0.4, 0.5) is 0 Å². The van der Waals surface area contributed by atoms with Crippen LogP contribution in [0.15, 0.2) is 34.9 Å². The number of fused-ring (bicyclic) bond motifs is 1. The zero-order valence-electron chi connectivity index (χ0n) is 10.8. The fraction of sp³-hybridized carbons (Fsp3) is 0.286. The predicted molar refractivity (Wildman–Crippen MR) is 72.6 cm³/mol. The van der Waals surface area contributed by atoms with Crippen molar-refractivity contribution in [3.63, 3.8) is 0 Å². The molecule has 0 spiro atoms. The van der Waals surface area contributed by atoms with Gasteiger partial charge in [-0.3, -0.25) is 0 Å². The summed E-state index contributed by atoms with van der Waals surface area (Å²) in [4.78, 5) is 0. The molecule has 5 nitrogen and oxygen atoms in total. The van der Waals surface area contributed by atoms with E-state index in [0.717, 1.165) is 17.5 Å². The first kappa shape index (κ1) is 11.9. The van der Waals surface area contributed by atoms with Crippen LogP contribution >= 0.6 is 0 Å². The van der Waals surface area contributed by atoms with E-state index in [2.05, 4.69) is 33.0 Å². The maximum atomic E-state index is 5.65. The monoisotopic (exact) mass is 256 g/mol. The Hall–Kier alpha value is -2.14. The maximum Gasteiger partial charge on any atom is 0.236 e. The van der Waals surface area contributed by atoms with Crippen LogP contribution in [0.2, 0.25) is 0 Å². The van der Waals surface area contributed by atoms with Gasteiger partial charge in [-0.2, -0.15) is 0 Å². The predicted octanol–water partition coefficient (Wildman–Crippen LogP) is 2.09. The highest BCUT2D eigenvalue weighted by molar-refractivity contribution is 5.80. The second-order valence-electron chi connectivity index (χ2n) is 4.48. The minimum atomic E-state index is 0.560. The lowest BCUT2D eigenvalue weighted by molar-refractivity contribution is 0.444. The molecule has 0 amide bonds. The van der Waals surface area contributed by atoms with Gasteiger partial charge in [0.2, 0.25) is 11.8 Å². The summed E-state index contributed by atoms with van der Waals surface area (Å²) in [7, 11) is 0. The molecule has 2 heterocycles. The molecule has 3 rings (SSSR count). The standard InChI is InChI=1S/C14H16N4O/c1-2-13-16-17-14(19-13)9-18-6-5-11-7-10(8-15)3-4-12(11)18/h3-7H,2,8-9,15H2,1H3. The number of aromatic nitrogens is 3. The van der Waals surface area contributed by atoms with E-state index in [1.165, 1.54) is 5.39 Å². The summed E-state index contributed by atoms with van der Waals surface area (Å²) in [5, 5.41) is 9.20. The first-order chi connectivity index (χ1) is 9.30. The number of nitrogens with zero attached hydrogens (tertiary/aromatic N) is 3. The van der Waals surface area contributed by atoms with Crippen molar-refractivity contribution in [2.45, 2.75) is 26.4 Å². The van der Waals surface area contributed by atoms with Gasteiger partial charge in [0.05, 0.1) is 0 Å². The van der Waals surface area contributed by atoms with Crippen LogP contribution in [-0.2, 0) is 19.5 Å². The second-order valence-corrected chi connectivity index (χ2v) is 4.48. The Morgan fingerprint density at radius 1 is 1.21 bits per heavy atom. The summed E-state index contributed by atoms with van der Waals surface area (Å²) >= 11 is 0. The molecule has 0 saturated carbocycles. The molecule has 3 aromatic rings. The van der Waals surface area contributed by atoms with E-state index in [-0.39, 0.29) is 0 Å². The molecular formula is C14H16N4O. The Balaban J connectivity index is 1.92. The summed E-state index contributed by atoms with van der Waals surface area (Å²) < 4.78 is 7.64. The highest BCUT2D eigenvalue weighted by atomic mass is 16.4. The molecule has 2 N–H and O–H groups in total. The van der Waals surface area contributed by atoms with E-state index >= 15 is 0 Å². The van der Waals surface area contributed by atoms with E-state index < -0.39 is 0 Å². The summed E-state index contributed by atoms with van der Waals surface area (Å²) in [5.74, 6) is 1.31. The van der Waals surface area contributed by atoms with Crippen molar-refractivity contribution in [1.82, 2.24) is 14.8 Å². The van der Waals surface area contributed by atoms with Crippen LogP contribution in [0.25, 0.3) is 10.9 Å². The summed E-state index contributed by atoms with van der Waals surface area (Å²) in [6, 6.07) is 8.31. The Morgan fingerprint density at radius 3 is 2.79 bits per heavy atom. The van der Waals surface area contributed by atoms with Gasteiger partial charge in [0, 0.05) is 24.7 Å². The fourth-order valence-electron chi connectivity index (χ4n) is 2.16. The molecule has 0 bridgehead atoms. The quantitative estimate of drug-likeness (QED) is 0.776. The van der Waals surface area contributed by atoms with Gasteiger partial charge >= 0.3 is 0 Å². The Morgan fingerprint density at radius 2 is 2.05 bits per heavy atom. The van der Waals surface area contributed by atoms with Gasteiger partial charge in [0.25, 0.3) is 0 Å². The van der Waals surface area contributed by atoms with Crippen LogP contribution in [0, 0.1) is 0 Å². The van der Waals surface area contributed by atoms with Crippen LogP contribution in [0.1, 0.15) is 24.3 Å². The SMILES string of the molecule is CCc1nnc(Cn2ccc3cc(CN)ccc32)o1. The zero-order valence-corrected chi connectivity index (χ0v) is 10.8. The van der Waals surface area contributed by atoms with Crippen LogP contribution in [0.3, 0.4) is 0 Å². The molecule has 19 heavy (non-hydrogen) atoms. The van der Waals surface area contributed by atoms with Crippen LogP contribution < -0.4 is 5.73 Å². The molecule has 98 valence electrons. The highest BCUT2D eigenvalue weighted by Crippen LogP contribution is 2.18. The molecular weight excluding hydrogens is 240 g/mol. The van der Waals surface area contributed by atoms with Crippen molar-refractivity contribution in [3.8, 4) is 0 Å². The molecule has 0 saturated heterocycles.